The Balaban J connectivity index is 2.85. The SMILES string of the molecule is COCCCCCCCCCCCCCCBr. The molecule has 104 valence electrons. The summed E-state index contributed by atoms with van der Waals surface area (Å²) in [5.74, 6) is 0. The summed E-state index contributed by atoms with van der Waals surface area (Å²) >= 11 is 3.48. The summed E-state index contributed by atoms with van der Waals surface area (Å²) in [6, 6.07) is 0. The van der Waals surface area contributed by atoms with Gasteiger partial charge in [-0.25, -0.2) is 0 Å². The van der Waals surface area contributed by atoms with Crippen LogP contribution < -0.4 is 0 Å². The lowest BCUT2D eigenvalue weighted by Gasteiger charge is -2.02. The molecule has 0 spiro atoms. The van der Waals surface area contributed by atoms with Crippen molar-refractivity contribution in [3.8, 4) is 0 Å². The number of halogens is 1. The molecule has 0 bridgehead atoms. The number of ether oxygens (including phenoxy) is 1. The number of hydrogen-bond donors (Lipinski definition) is 0. The zero-order valence-corrected chi connectivity index (χ0v) is 13.3. The maximum atomic E-state index is 5.04. The summed E-state index contributed by atoms with van der Waals surface area (Å²) in [6.45, 7) is 0.939. The molecule has 0 aromatic carbocycles. The number of hydrogen-bond acceptors (Lipinski definition) is 1. The van der Waals surface area contributed by atoms with Gasteiger partial charge in [-0.3, -0.25) is 0 Å². The molecule has 0 heterocycles. The lowest BCUT2D eigenvalue weighted by molar-refractivity contribution is 0.192. The molecule has 0 aliphatic carbocycles. The van der Waals surface area contributed by atoms with E-state index in [1.807, 2.05) is 0 Å². The van der Waals surface area contributed by atoms with E-state index in [1.54, 1.807) is 7.11 Å². The van der Waals surface area contributed by atoms with Gasteiger partial charge < -0.3 is 4.74 Å². The third kappa shape index (κ3) is 16.4. The quantitative estimate of drug-likeness (QED) is 0.295. The summed E-state index contributed by atoms with van der Waals surface area (Å²) in [7, 11) is 1.79. The molecule has 17 heavy (non-hydrogen) atoms. The van der Waals surface area contributed by atoms with Gasteiger partial charge in [-0.1, -0.05) is 80.1 Å². The van der Waals surface area contributed by atoms with E-state index in [9.17, 15) is 0 Å². The van der Waals surface area contributed by atoms with Crippen LogP contribution in [-0.4, -0.2) is 19.0 Å². The summed E-state index contributed by atoms with van der Waals surface area (Å²) in [5.41, 5.74) is 0. The molecule has 0 saturated carbocycles. The van der Waals surface area contributed by atoms with E-state index in [1.165, 1.54) is 82.4 Å². The Morgan fingerprint density at radius 3 is 1.29 bits per heavy atom. The van der Waals surface area contributed by atoms with Crippen molar-refractivity contribution in [3.63, 3.8) is 0 Å². The normalized spacial score (nSPS) is 10.9. The molecular formula is C15H31BrO. The fraction of sp³-hybridized carbons (Fsp3) is 1.00. The second-order valence-corrected chi connectivity index (χ2v) is 5.72. The molecule has 1 nitrogen and oxygen atoms in total. The van der Waals surface area contributed by atoms with Crippen LogP contribution in [0.25, 0.3) is 0 Å². The molecular weight excluding hydrogens is 276 g/mol. The van der Waals surface area contributed by atoms with Crippen LogP contribution in [0, 0.1) is 0 Å². The second-order valence-electron chi connectivity index (χ2n) is 4.92. The molecule has 0 rings (SSSR count). The Bertz CT molecular complexity index is 114. The number of methoxy groups -OCH3 is 1. The van der Waals surface area contributed by atoms with Crippen LogP contribution in [0.3, 0.4) is 0 Å². The van der Waals surface area contributed by atoms with Crippen molar-refractivity contribution >= 4 is 15.9 Å². The van der Waals surface area contributed by atoms with Crippen LogP contribution in [-0.2, 0) is 4.74 Å². The fourth-order valence-electron chi connectivity index (χ4n) is 2.11. The average molecular weight is 307 g/mol. The number of rotatable bonds is 14. The van der Waals surface area contributed by atoms with Crippen molar-refractivity contribution in [2.24, 2.45) is 0 Å². The smallest absolute Gasteiger partial charge is 0.0462 e. The van der Waals surface area contributed by atoms with Crippen LogP contribution in [0.4, 0.5) is 0 Å². The van der Waals surface area contributed by atoms with Gasteiger partial charge in [0.2, 0.25) is 0 Å². The summed E-state index contributed by atoms with van der Waals surface area (Å²) < 4.78 is 5.04. The molecule has 0 aromatic heterocycles. The molecule has 0 amide bonds. The molecule has 0 aliphatic rings. The van der Waals surface area contributed by atoms with E-state index in [0.717, 1.165) is 6.61 Å². The molecule has 0 aromatic rings. The first-order valence-electron chi connectivity index (χ1n) is 7.46. The van der Waals surface area contributed by atoms with Crippen molar-refractivity contribution in [1.82, 2.24) is 0 Å². The maximum absolute atomic E-state index is 5.04. The van der Waals surface area contributed by atoms with E-state index in [4.69, 9.17) is 4.74 Å². The second kappa shape index (κ2) is 16.4. The van der Waals surface area contributed by atoms with Gasteiger partial charge >= 0.3 is 0 Å². The molecule has 2 heteroatoms. The third-order valence-electron chi connectivity index (χ3n) is 3.23. The van der Waals surface area contributed by atoms with Crippen molar-refractivity contribution in [3.05, 3.63) is 0 Å². The zero-order chi connectivity index (χ0) is 12.6. The van der Waals surface area contributed by atoms with Gasteiger partial charge in [0.25, 0.3) is 0 Å². The Labute approximate surface area is 117 Å². The molecule has 0 atom stereocenters. The van der Waals surface area contributed by atoms with Crippen molar-refractivity contribution < 1.29 is 4.74 Å². The summed E-state index contributed by atoms with van der Waals surface area (Å²) in [5, 5.41) is 1.18. The van der Waals surface area contributed by atoms with E-state index in [2.05, 4.69) is 15.9 Å². The van der Waals surface area contributed by atoms with Crippen molar-refractivity contribution in [2.45, 2.75) is 77.0 Å². The van der Waals surface area contributed by atoms with Gasteiger partial charge in [-0.15, -0.1) is 0 Å². The lowest BCUT2D eigenvalue weighted by atomic mass is 10.1. The predicted octanol–water partition coefficient (Wildman–Crippen LogP) is 5.71. The van der Waals surface area contributed by atoms with Crippen molar-refractivity contribution in [1.29, 1.82) is 0 Å². The van der Waals surface area contributed by atoms with Gasteiger partial charge in [0.15, 0.2) is 0 Å². The van der Waals surface area contributed by atoms with Crippen LogP contribution in [0.2, 0.25) is 0 Å². The van der Waals surface area contributed by atoms with E-state index < -0.39 is 0 Å². The average Bonchev–Trinajstić information content (AvgIpc) is 2.35. The first kappa shape index (κ1) is 17.4. The van der Waals surface area contributed by atoms with Crippen LogP contribution in [0.5, 0.6) is 0 Å². The fourth-order valence-corrected chi connectivity index (χ4v) is 2.51. The van der Waals surface area contributed by atoms with E-state index >= 15 is 0 Å². The first-order chi connectivity index (χ1) is 8.41. The van der Waals surface area contributed by atoms with Gasteiger partial charge in [-0.05, 0) is 12.8 Å². The van der Waals surface area contributed by atoms with Crippen LogP contribution in [0.1, 0.15) is 77.0 Å². The molecule has 0 unspecified atom stereocenters. The largest absolute Gasteiger partial charge is 0.385 e. The Hall–Kier alpha value is 0.440. The maximum Gasteiger partial charge on any atom is 0.0462 e. The minimum absolute atomic E-state index is 0.939. The molecule has 0 saturated heterocycles. The van der Waals surface area contributed by atoms with Crippen molar-refractivity contribution in [2.75, 3.05) is 19.0 Å². The van der Waals surface area contributed by atoms with Gasteiger partial charge in [0, 0.05) is 19.0 Å². The predicted molar refractivity (Wildman–Crippen MR) is 81.1 cm³/mol. The molecule has 0 radical (unpaired) electrons. The number of alkyl halides is 1. The minimum atomic E-state index is 0.939. The van der Waals surface area contributed by atoms with E-state index in [0.29, 0.717) is 0 Å². The first-order valence-corrected chi connectivity index (χ1v) is 8.59. The Kier molecular flexibility index (Phi) is 16.9. The molecule has 0 fully saturated rings. The Morgan fingerprint density at radius 2 is 0.941 bits per heavy atom. The van der Waals surface area contributed by atoms with Crippen LogP contribution >= 0.6 is 15.9 Å². The van der Waals surface area contributed by atoms with Gasteiger partial charge in [-0.2, -0.15) is 0 Å². The summed E-state index contributed by atoms with van der Waals surface area (Å²) in [4.78, 5) is 0. The third-order valence-corrected chi connectivity index (χ3v) is 3.79. The monoisotopic (exact) mass is 306 g/mol. The standard InChI is InChI=1S/C15H31BrO/c1-17-15-13-11-9-7-5-3-2-4-6-8-10-12-14-16/h2-15H2,1H3. The highest BCUT2D eigenvalue weighted by molar-refractivity contribution is 9.09. The lowest BCUT2D eigenvalue weighted by Crippen LogP contribution is -1.88. The number of unbranched alkanes of at least 4 members (excludes halogenated alkanes) is 11. The van der Waals surface area contributed by atoms with Crippen LogP contribution in [0.15, 0.2) is 0 Å². The topological polar surface area (TPSA) is 9.23 Å². The zero-order valence-electron chi connectivity index (χ0n) is 11.7. The van der Waals surface area contributed by atoms with Gasteiger partial charge in [0.05, 0.1) is 0 Å². The summed E-state index contributed by atoms with van der Waals surface area (Å²) in [6.07, 6.45) is 16.8. The Morgan fingerprint density at radius 1 is 0.588 bits per heavy atom. The highest BCUT2D eigenvalue weighted by Crippen LogP contribution is 2.12. The minimum Gasteiger partial charge on any atom is -0.385 e. The highest BCUT2D eigenvalue weighted by atomic mass is 79.9. The molecule has 0 aliphatic heterocycles. The van der Waals surface area contributed by atoms with Gasteiger partial charge in [0.1, 0.15) is 0 Å². The van der Waals surface area contributed by atoms with E-state index in [-0.39, 0.29) is 0 Å². The molecule has 0 N–H and O–H groups in total. The highest BCUT2D eigenvalue weighted by Gasteiger charge is 1.93.